The highest BCUT2D eigenvalue weighted by Gasteiger charge is 2.12. The van der Waals surface area contributed by atoms with E-state index in [2.05, 4.69) is 0 Å². The third-order valence-corrected chi connectivity index (χ3v) is 7.83. The van der Waals surface area contributed by atoms with Crippen LogP contribution in [0.5, 0.6) is 11.5 Å². The molecule has 6 nitrogen and oxygen atoms in total. The maximum Gasteiger partial charge on any atom is 0.306 e. The molecule has 0 spiro atoms. The molecule has 3 rings (SSSR count). The van der Waals surface area contributed by atoms with Crippen molar-refractivity contribution in [2.75, 3.05) is 24.7 Å². The second-order valence-corrected chi connectivity index (χ2v) is 11.5. The van der Waals surface area contributed by atoms with E-state index < -0.39 is 15.7 Å². The molecule has 0 aliphatic carbocycles. The summed E-state index contributed by atoms with van der Waals surface area (Å²) < 4.78 is 54.4. The third-order valence-electron chi connectivity index (χ3n) is 6.16. The minimum Gasteiger partial charge on any atom is -0.493 e. The summed E-state index contributed by atoms with van der Waals surface area (Å²) in [5.74, 6) is 0.383. The number of halogens is 1. The maximum absolute atomic E-state index is 14.5. The summed E-state index contributed by atoms with van der Waals surface area (Å²) >= 11 is 0. The lowest BCUT2D eigenvalue weighted by Gasteiger charge is -2.15. The van der Waals surface area contributed by atoms with Gasteiger partial charge in [-0.3, -0.25) is 4.79 Å². The predicted octanol–water partition coefficient (Wildman–Crippen LogP) is 6.00. The Morgan fingerprint density at radius 1 is 0.921 bits per heavy atom. The van der Waals surface area contributed by atoms with Gasteiger partial charge in [0, 0.05) is 18.2 Å². The molecule has 3 aromatic rings. The molecule has 0 aliphatic rings. The number of hydrogen-bond acceptors (Lipinski definition) is 6. The molecule has 0 heterocycles. The van der Waals surface area contributed by atoms with Crippen molar-refractivity contribution in [3.63, 3.8) is 0 Å². The summed E-state index contributed by atoms with van der Waals surface area (Å²) in [6.45, 7) is 8.04. The number of sulfone groups is 1. The van der Waals surface area contributed by atoms with Gasteiger partial charge < -0.3 is 14.2 Å². The number of rotatable bonds is 13. The second kappa shape index (κ2) is 13.4. The highest BCUT2D eigenvalue weighted by atomic mass is 32.2. The van der Waals surface area contributed by atoms with Crippen LogP contribution in [0, 0.1) is 19.7 Å². The summed E-state index contributed by atoms with van der Waals surface area (Å²) in [6, 6.07) is 16.4. The molecule has 0 amide bonds. The normalized spacial score (nSPS) is 11.3. The molecular weight excluding hydrogens is 507 g/mol. The lowest BCUT2D eigenvalue weighted by atomic mass is 9.94. The van der Waals surface area contributed by atoms with Gasteiger partial charge in [-0.25, -0.2) is 12.8 Å². The lowest BCUT2D eigenvalue weighted by Crippen LogP contribution is -2.15. The van der Waals surface area contributed by atoms with Gasteiger partial charge in [0.25, 0.3) is 0 Å². The Labute approximate surface area is 224 Å². The Morgan fingerprint density at radius 2 is 1.66 bits per heavy atom. The molecule has 0 N–H and O–H groups in total. The second-order valence-electron chi connectivity index (χ2n) is 9.06. The summed E-state index contributed by atoms with van der Waals surface area (Å²) in [5.41, 5.74) is 5.48. The molecule has 0 bridgehead atoms. The van der Waals surface area contributed by atoms with Crippen LogP contribution in [0.2, 0.25) is 0 Å². The molecule has 3 aromatic carbocycles. The van der Waals surface area contributed by atoms with Crippen LogP contribution < -0.4 is 9.47 Å². The summed E-state index contributed by atoms with van der Waals surface area (Å²) in [6.07, 6.45) is 0.401. The molecule has 0 saturated carbocycles. The van der Waals surface area contributed by atoms with Crippen LogP contribution in [0.4, 0.5) is 4.39 Å². The highest BCUT2D eigenvalue weighted by Crippen LogP contribution is 2.32. The first kappa shape index (κ1) is 29.2. The molecule has 0 aromatic heterocycles. The molecular formula is C30H35FO6S. The minimum atomic E-state index is -3.08. The number of esters is 1. The van der Waals surface area contributed by atoms with E-state index in [0.29, 0.717) is 23.7 Å². The Hall–Kier alpha value is -3.39. The SMILES string of the molecule is CCOC(=O)CCc1ccc(OCc2cccc(-c3c(C)cc(OCCS(=O)(=O)CC)cc3C)c2)cc1F. The van der Waals surface area contributed by atoms with E-state index in [1.54, 1.807) is 26.0 Å². The first-order chi connectivity index (χ1) is 18.1. The van der Waals surface area contributed by atoms with Crippen molar-refractivity contribution >= 4 is 15.8 Å². The van der Waals surface area contributed by atoms with Gasteiger partial charge in [-0.15, -0.1) is 0 Å². The Morgan fingerprint density at radius 3 is 2.32 bits per heavy atom. The van der Waals surface area contributed by atoms with Gasteiger partial charge in [0.1, 0.15) is 30.5 Å². The molecule has 0 atom stereocenters. The zero-order valence-corrected chi connectivity index (χ0v) is 23.2. The first-order valence-corrected chi connectivity index (χ1v) is 14.5. The number of hydrogen-bond donors (Lipinski definition) is 0. The Balaban J connectivity index is 1.65. The van der Waals surface area contributed by atoms with Gasteiger partial charge in [-0.05, 0) is 84.8 Å². The number of benzene rings is 3. The van der Waals surface area contributed by atoms with Crippen LogP contribution in [-0.2, 0) is 32.4 Å². The zero-order valence-electron chi connectivity index (χ0n) is 22.4. The van der Waals surface area contributed by atoms with Crippen molar-refractivity contribution in [1.82, 2.24) is 0 Å². The predicted molar refractivity (Wildman–Crippen MR) is 147 cm³/mol. The molecule has 0 radical (unpaired) electrons. The van der Waals surface area contributed by atoms with Crippen molar-refractivity contribution in [3.8, 4) is 22.6 Å². The van der Waals surface area contributed by atoms with Crippen molar-refractivity contribution in [3.05, 3.63) is 82.7 Å². The number of carbonyl (C=O) groups excluding carboxylic acids is 1. The number of aryl methyl sites for hydroxylation is 3. The number of carbonyl (C=O) groups is 1. The topological polar surface area (TPSA) is 78.9 Å². The van der Waals surface area contributed by atoms with Gasteiger partial charge in [0.15, 0.2) is 9.84 Å². The van der Waals surface area contributed by atoms with Crippen LogP contribution >= 0.6 is 0 Å². The Bertz CT molecular complexity index is 1340. The van der Waals surface area contributed by atoms with Gasteiger partial charge in [-0.2, -0.15) is 0 Å². The molecule has 0 fully saturated rings. The van der Waals surface area contributed by atoms with Crippen LogP contribution in [0.25, 0.3) is 11.1 Å². The van der Waals surface area contributed by atoms with E-state index in [4.69, 9.17) is 14.2 Å². The smallest absolute Gasteiger partial charge is 0.306 e. The average Bonchev–Trinajstić information content (AvgIpc) is 2.87. The van der Waals surface area contributed by atoms with Crippen molar-refractivity contribution < 1.29 is 31.8 Å². The quantitative estimate of drug-likeness (QED) is 0.247. The average molecular weight is 543 g/mol. The molecule has 8 heteroatoms. The summed E-state index contributed by atoms with van der Waals surface area (Å²) in [7, 11) is -3.08. The van der Waals surface area contributed by atoms with E-state index in [1.807, 2.05) is 50.2 Å². The zero-order chi connectivity index (χ0) is 27.7. The summed E-state index contributed by atoms with van der Waals surface area (Å²) in [4.78, 5) is 11.5. The van der Waals surface area contributed by atoms with Crippen LogP contribution in [-0.4, -0.2) is 39.1 Å². The van der Waals surface area contributed by atoms with Gasteiger partial charge in [0.2, 0.25) is 0 Å². The van der Waals surface area contributed by atoms with E-state index in [0.717, 1.165) is 27.8 Å². The van der Waals surface area contributed by atoms with Gasteiger partial charge in [-0.1, -0.05) is 31.2 Å². The minimum absolute atomic E-state index is 0.00832. The fraction of sp³-hybridized carbons (Fsp3) is 0.367. The number of ether oxygens (including phenoxy) is 3. The maximum atomic E-state index is 14.5. The highest BCUT2D eigenvalue weighted by molar-refractivity contribution is 7.91. The Kier molecular flexibility index (Phi) is 10.3. The monoisotopic (exact) mass is 542 g/mol. The van der Waals surface area contributed by atoms with E-state index in [1.165, 1.54) is 6.07 Å². The molecule has 0 unspecified atom stereocenters. The van der Waals surface area contributed by atoms with Gasteiger partial charge >= 0.3 is 5.97 Å². The van der Waals surface area contributed by atoms with Crippen LogP contribution in [0.3, 0.4) is 0 Å². The summed E-state index contributed by atoms with van der Waals surface area (Å²) in [5, 5.41) is 0. The lowest BCUT2D eigenvalue weighted by molar-refractivity contribution is -0.143. The molecule has 0 saturated heterocycles. The van der Waals surface area contributed by atoms with Crippen molar-refractivity contribution in [2.24, 2.45) is 0 Å². The third kappa shape index (κ3) is 8.31. The van der Waals surface area contributed by atoms with Crippen molar-refractivity contribution in [2.45, 2.75) is 47.1 Å². The van der Waals surface area contributed by atoms with Crippen molar-refractivity contribution in [1.29, 1.82) is 0 Å². The van der Waals surface area contributed by atoms with E-state index in [9.17, 15) is 17.6 Å². The van der Waals surface area contributed by atoms with Crippen LogP contribution in [0.1, 0.15) is 42.5 Å². The van der Waals surface area contributed by atoms with E-state index >= 15 is 0 Å². The molecule has 0 aliphatic heterocycles. The molecule has 38 heavy (non-hydrogen) atoms. The fourth-order valence-corrected chi connectivity index (χ4v) is 4.79. The first-order valence-electron chi connectivity index (χ1n) is 12.7. The van der Waals surface area contributed by atoms with Crippen LogP contribution in [0.15, 0.2) is 54.6 Å². The largest absolute Gasteiger partial charge is 0.493 e. The fourth-order valence-electron chi connectivity index (χ4n) is 4.17. The standard InChI is InChI=1S/C30H35FO6S/c1-5-35-29(32)13-11-24-10-12-26(19-28(24)31)37-20-23-8-7-9-25(18-23)30-21(3)16-27(17-22(30)4)36-14-15-38(33,34)6-2/h7-10,12,16-19H,5-6,11,13-15,20H2,1-4H3. The van der Waals surface area contributed by atoms with E-state index in [-0.39, 0.29) is 43.5 Å². The molecule has 204 valence electrons. The van der Waals surface area contributed by atoms with Gasteiger partial charge in [0.05, 0.1) is 12.4 Å².